The molecule has 3 N–H and O–H groups in total. The van der Waals surface area contributed by atoms with E-state index in [9.17, 15) is 19.2 Å². The third-order valence-corrected chi connectivity index (χ3v) is 4.82. The third-order valence-electron chi connectivity index (χ3n) is 4.82. The number of rotatable bonds is 4. The predicted octanol–water partition coefficient (Wildman–Crippen LogP) is 2.78. The third kappa shape index (κ3) is 4.03. The number of benzene rings is 2. The Morgan fingerprint density at radius 3 is 2.30 bits per heavy atom. The number of imide groups is 1. The summed E-state index contributed by atoms with van der Waals surface area (Å²) in [5.41, 5.74) is 1.70. The van der Waals surface area contributed by atoms with Crippen molar-refractivity contribution in [3.05, 3.63) is 65.7 Å². The zero-order chi connectivity index (χ0) is 22.1. The molecule has 8 heteroatoms. The Morgan fingerprint density at radius 2 is 1.67 bits per heavy atom. The maximum absolute atomic E-state index is 12.9. The molecule has 3 rings (SSSR count). The van der Waals surface area contributed by atoms with Gasteiger partial charge < -0.3 is 10.6 Å². The molecule has 0 saturated carbocycles. The van der Waals surface area contributed by atoms with Gasteiger partial charge in [-0.1, -0.05) is 57.2 Å². The van der Waals surface area contributed by atoms with Crippen molar-refractivity contribution in [2.75, 3.05) is 5.32 Å². The van der Waals surface area contributed by atoms with Crippen LogP contribution in [0.4, 0.5) is 10.5 Å². The first kappa shape index (κ1) is 21.0. The number of amides is 5. The topological polar surface area (TPSA) is 108 Å². The van der Waals surface area contributed by atoms with Gasteiger partial charge in [-0.05, 0) is 30.7 Å². The summed E-state index contributed by atoms with van der Waals surface area (Å²) in [5.74, 6) is -1.44. The average molecular weight is 408 g/mol. The number of urea groups is 1. The molecule has 1 unspecified atom stereocenters. The lowest BCUT2D eigenvalue weighted by Crippen LogP contribution is -2.47. The number of carbonyl (C=O) groups excluding carboxylic acids is 4. The Labute approximate surface area is 174 Å². The summed E-state index contributed by atoms with van der Waals surface area (Å²) >= 11 is 0. The predicted molar refractivity (Wildman–Crippen MR) is 111 cm³/mol. The number of hydrogen-bond acceptors (Lipinski definition) is 4. The van der Waals surface area contributed by atoms with Crippen molar-refractivity contribution < 1.29 is 19.2 Å². The summed E-state index contributed by atoms with van der Waals surface area (Å²) in [6.07, 6.45) is 0. The summed E-state index contributed by atoms with van der Waals surface area (Å²) in [6, 6.07) is 14.3. The highest BCUT2D eigenvalue weighted by atomic mass is 16.2. The Bertz CT molecular complexity index is 1010. The lowest BCUT2D eigenvalue weighted by molar-refractivity contribution is -0.132. The van der Waals surface area contributed by atoms with Crippen molar-refractivity contribution in [1.29, 1.82) is 0 Å². The molecule has 30 heavy (non-hydrogen) atoms. The molecule has 1 saturated heterocycles. The van der Waals surface area contributed by atoms with Gasteiger partial charge in [-0.2, -0.15) is 5.01 Å². The summed E-state index contributed by atoms with van der Waals surface area (Å²) in [7, 11) is 0. The van der Waals surface area contributed by atoms with E-state index in [1.807, 2.05) is 0 Å². The quantitative estimate of drug-likeness (QED) is 0.676. The van der Waals surface area contributed by atoms with Crippen molar-refractivity contribution in [1.82, 2.24) is 15.8 Å². The van der Waals surface area contributed by atoms with Crippen LogP contribution < -0.4 is 16.1 Å². The highest BCUT2D eigenvalue weighted by molar-refractivity contribution is 6.09. The normalized spacial score (nSPS) is 18.7. The minimum atomic E-state index is -1.28. The van der Waals surface area contributed by atoms with Crippen LogP contribution in [-0.2, 0) is 15.1 Å². The molecule has 1 aliphatic heterocycles. The van der Waals surface area contributed by atoms with Crippen LogP contribution in [0.15, 0.2) is 54.6 Å². The lowest BCUT2D eigenvalue weighted by atomic mass is 9.92. The fourth-order valence-corrected chi connectivity index (χ4v) is 2.93. The Morgan fingerprint density at radius 1 is 1.00 bits per heavy atom. The van der Waals surface area contributed by atoms with Crippen LogP contribution in [-0.4, -0.2) is 28.8 Å². The molecule has 0 spiro atoms. The van der Waals surface area contributed by atoms with Gasteiger partial charge in [-0.3, -0.25) is 19.8 Å². The summed E-state index contributed by atoms with van der Waals surface area (Å²) in [6.45, 7) is 6.91. The van der Waals surface area contributed by atoms with Gasteiger partial charge in [-0.25, -0.2) is 4.79 Å². The number of nitrogens with zero attached hydrogens (tertiary/aromatic N) is 1. The van der Waals surface area contributed by atoms with E-state index in [0.29, 0.717) is 16.3 Å². The first-order valence-corrected chi connectivity index (χ1v) is 9.47. The van der Waals surface area contributed by atoms with Crippen LogP contribution in [0.25, 0.3) is 0 Å². The number of carbonyl (C=O) groups is 4. The van der Waals surface area contributed by atoms with Crippen molar-refractivity contribution >= 4 is 29.4 Å². The second kappa shape index (κ2) is 7.62. The SMILES string of the molecule is CC(C)(C)C(=O)Nc1cccc(C(=O)NN2C(=O)NC(C)(c3ccccc3)C2=O)c1. The van der Waals surface area contributed by atoms with E-state index in [1.165, 1.54) is 12.1 Å². The van der Waals surface area contributed by atoms with Crippen LogP contribution >= 0.6 is 0 Å². The molecule has 0 aromatic heterocycles. The molecular formula is C22H24N4O4. The summed E-state index contributed by atoms with van der Waals surface area (Å²) in [5, 5.41) is 6.04. The van der Waals surface area contributed by atoms with Crippen LogP contribution in [0.2, 0.25) is 0 Å². The van der Waals surface area contributed by atoms with Gasteiger partial charge in [0.15, 0.2) is 0 Å². The minimum Gasteiger partial charge on any atom is -0.326 e. The molecule has 8 nitrogen and oxygen atoms in total. The first-order valence-electron chi connectivity index (χ1n) is 9.47. The number of nitrogens with one attached hydrogen (secondary N) is 3. The van der Waals surface area contributed by atoms with E-state index < -0.39 is 28.8 Å². The number of hydrazine groups is 1. The van der Waals surface area contributed by atoms with Crippen molar-refractivity contribution in [3.8, 4) is 0 Å². The van der Waals surface area contributed by atoms with E-state index in [0.717, 1.165) is 0 Å². The van der Waals surface area contributed by atoms with Crippen molar-refractivity contribution in [2.45, 2.75) is 33.2 Å². The molecule has 1 fully saturated rings. The maximum atomic E-state index is 12.9. The zero-order valence-electron chi connectivity index (χ0n) is 17.3. The highest BCUT2D eigenvalue weighted by Gasteiger charge is 2.50. The molecule has 2 aromatic rings. The van der Waals surface area contributed by atoms with E-state index in [2.05, 4.69) is 16.1 Å². The van der Waals surface area contributed by atoms with E-state index in [-0.39, 0.29) is 11.5 Å². The molecule has 1 heterocycles. The molecule has 0 radical (unpaired) electrons. The van der Waals surface area contributed by atoms with Gasteiger partial charge in [0.1, 0.15) is 5.54 Å². The van der Waals surface area contributed by atoms with Gasteiger partial charge in [0.25, 0.3) is 11.8 Å². The van der Waals surface area contributed by atoms with Gasteiger partial charge >= 0.3 is 6.03 Å². The van der Waals surface area contributed by atoms with E-state index >= 15 is 0 Å². The molecule has 1 atom stereocenters. The minimum absolute atomic E-state index is 0.190. The molecule has 2 aromatic carbocycles. The van der Waals surface area contributed by atoms with E-state index in [1.54, 1.807) is 70.2 Å². The van der Waals surface area contributed by atoms with Crippen LogP contribution in [0.5, 0.6) is 0 Å². The van der Waals surface area contributed by atoms with Gasteiger partial charge in [0, 0.05) is 16.7 Å². The fourth-order valence-electron chi connectivity index (χ4n) is 2.93. The van der Waals surface area contributed by atoms with Crippen molar-refractivity contribution in [2.24, 2.45) is 5.41 Å². The van der Waals surface area contributed by atoms with E-state index in [4.69, 9.17) is 0 Å². The fraction of sp³-hybridized carbons (Fsp3) is 0.273. The van der Waals surface area contributed by atoms with Crippen LogP contribution in [0.1, 0.15) is 43.6 Å². The molecule has 0 bridgehead atoms. The largest absolute Gasteiger partial charge is 0.344 e. The zero-order valence-corrected chi connectivity index (χ0v) is 17.3. The Hall–Kier alpha value is -3.68. The molecular weight excluding hydrogens is 384 g/mol. The van der Waals surface area contributed by atoms with Crippen molar-refractivity contribution in [3.63, 3.8) is 0 Å². The van der Waals surface area contributed by atoms with Crippen LogP contribution in [0, 0.1) is 5.41 Å². The van der Waals surface area contributed by atoms with Gasteiger partial charge in [-0.15, -0.1) is 0 Å². The Kier molecular flexibility index (Phi) is 5.35. The first-order chi connectivity index (χ1) is 14.0. The average Bonchev–Trinajstić information content (AvgIpc) is 2.92. The number of anilines is 1. The molecule has 5 amide bonds. The highest BCUT2D eigenvalue weighted by Crippen LogP contribution is 2.27. The molecule has 1 aliphatic rings. The van der Waals surface area contributed by atoms with Gasteiger partial charge in [0.2, 0.25) is 5.91 Å². The monoisotopic (exact) mass is 408 g/mol. The molecule has 0 aliphatic carbocycles. The summed E-state index contributed by atoms with van der Waals surface area (Å²) in [4.78, 5) is 50.1. The lowest BCUT2D eigenvalue weighted by Gasteiger charge is -2.22. The van der Waals surface area contributed by atoms with Gasteiger partial charge in [0.05, 0.1) is 0 Å². The van der Waals surface area contributed by atoms with Crippen LogP contribution in [0.3, 0.4) is 0 Å². The second-order valence-electron chi connectivity index (χ2n) is 8.29. The summed E-state index contributed by atoms with van der Waals surface area (Å²) < 4.78 is 0. The maximum Gasteiger partial charge on any atom is 0.344 e. The smallest absolute Gasteiger partial charge is 0.326 e. The number of hydrogen-bond donors (Lipinski definition) is 3. The Balaban J connectivity index is 1.76. The molecule has 156 valence electrons. The second-order valence-corrected chi connectivity index (χ2v) is 8.29. The standard InChI is InChI=1S/C22H24N4O4/c1-21(2,3)18(28)23-16-12-8-9-14(13-16)17(27)25-26-19(29)22(4,24-20(26)30)15-10-6-5-7-11-15/h5-13H,1-4H3,(H,23,28)(H,24,30)(H,25,27).